The van der Waals surface area contributed by atoms with Crippen LogP contribution in [-0.2, 0) is 11.3 Å². The fourth-order valence-corrected chi connectivity index (χ4v) is 3.37. The molecule has 0 aliphatic rings. The first-order valence-electron chi connectivity index (χ1n) is 11.2. The molecule has 178 valence electrons. The zero-order valence-electron chi connectivity index (χ0n) is 19.9. The Bertz CT molecular complexity index is 988. The Morgan fingerprint density at radius 3 is 2.55 bits per heavy atom. The molecule has 0 spiro atoms. The quantitative estimate of drug-likeness (QED) is 0.162. The molecule has 7 nitrogen and oxygen atoms in total. The number of hydrogen-bond donors (Lipinski definition) is 2. The molecule has 1 atom stereocenters. The number of aliphatic imine (C=N–C) groups is 1. The largest absolute Gasteiger partial charge is 0.374 e. The lowest BCUT2D eigenvalue weighted by Gasteiger charge is -2.14. The first kappa shape index (κ1) is 26.8. The molecule has 0 bridgehead atoms. The van der Waals surface area contributed by atoms with Crippen molar-refractivity contribution in [2.45, 2.75) is 46.8 Å². The summed E-state index contributed by atoms with van der Waals surface area (Å²) in [5, 5.41) is 11.1. The van der Waals surface area contributed by atoms with Gasteiger partial charge in [0, 0.05) is 31.6 Å². The molecule has 0 amide bonds. The summed E-state index contributed by atoms with van der Waals surface area (Å²) in [7, 11) is 0. The fraction of sp³-hybridized carbons (Fsp3) is 0.400. The van der Waals surface area contributed by atoms with Gasteiger partial charge in [-0.25, -0.2) is 14.7 Å². The van der Waals surface area contributed by atoms with Gasteiger partial charge in [-0.05, 0) is 57.4 Å². The van der Waals surface area contributed by atoms with Crippen molar-refractivity contribution in [1.82, 2.24) is 25.4 Å². The minimum atomic E-state index is 0. The Kier molecular flexibility index (Phi) is 11.3. The standard InChI is InChI=1S/C25H34N6O.HI/c1-5-26-25(27-14-9-15-32-21(4)23-10-7-6-8-11-23)29-18-22-12-13-24(28-17-22)31-20(3)16-19(2)30-31;/h6-8,10-13,16-17,21H,5,9,14-15,18H2,1-4H3,(H2,26,27,29);1H. The number of halogens is 1. The maximum absolute atomic E-state index is 5.94. The van der Waals surface area contributed by atoms with Crippen molar-refractivity contribution < 1.29 is 4.74 Å². The van der Waals surface area contributed by atoms with Gasteiger partial charge in [0.2, 0.25) is 0 Å². The molecule has 1 aromatic carbocycles. The Labute approximate surface area is 214 Å². The van der Waals surface area contributed by atoms with Crippen LogP contribution < -0.4 is 10.6 Å². The predicted octanol–water partition coefficient (Wildman–Crippen LogP) is 4.73. The second-order valence-corrected chi connectivity index (χ2v) is 7.76. The molecule has 0 saturated carbocycles. The van der Waals surface area contributed by atoms with Gasteiger partial charge in [-0.2, -0.15) is 5.10 Å². The molecule has 2 heterocycles. The van der Waals surface area contributed by atoms with E-state index in [4.69, 9.17) is 4.74 Å². The highest BCUT2D eigenvalue weighted by atomic mass is 127. The number of aryl methyl sites for hydroxylation is 2. The molecule has 0 aliphatic carbocycles. The molecule has 0 saturated heterocycles. The number of guanidine groups is 1. The first-order valence-corrected chi connectivity index (χ1v) is 11.2. The smallest absolute Gasteiger partial charge is 0.191 e. The highest BCUT2D eigenvalue weighted by Gasteiger charge is 2.06. The van der Waals surface area contributed by atoms with Crippen LogP contribution in [-0.4, -0.2) is 40.4 Å². The number of ether oxygens (including phenoxy) is 1. The third-order valence-corrected chi connectivity index (χ3v) is 5.05. The predicted molar refractivity (Wildman–Crippen MR) is 144 cm³/mol. The lowest BCUT2D eigenvalue weighted by Crippen LogP contribution is -2.38. The summed E-state index contributed by atoms with van der Waals surface area (Å²) in [5.41, 5.74) is 4.31. The number of nitrogens with one attached hydrogen (secondary N) is 2. The van der Waals surface area contributed by atoms with Crippen molar-refractivity contribution in [3.8, 4) is 5.82 Å². The number of benzene rings is 1. The van der Waals surface area contributed by atoms with Crippen LogP contribution in [0.5, 0.6) is 0 Å². The molecule has 0 radical (unpaired) electrons. The van der Waals surface area contributed by atoms with Gasteiger partial charge in [-0.15, -0.1) is 24.0 Å². The minimum Gasteiger partial charge on any atom is -0.374 e. The van der Waals surface area contributed by atoms with Crippen molar-refractivity contribution in [2.24, 2.45) is 4.99 Å². The van der Waals surface area contributed by atoms with Gasteiger partial charge in [-0.1, -0.05) is 36.4 Å². The van der Waals surface area contributed by atoms with Crippen LogP contribution in [0, 0.1) is 13.8 Å². The van der Waals surface area contributed by atoms with E-state index in [1.54, 1.807) is 0 Å². The maximum Gasteiger partial charge on any atom is 0.191 e. The number of hydrogen-bond acceptors (Lipinski definition) is 4. The average Bonchev–Trinajstić information content (AvgIpc) is 3.15. The van der Waals surface area contributed by atoms with E-state index < -0.39 is 0 Å². The summed E-state index contributed by atoms with van der Waals surface area (Å²) < 4.78 is 7.80. The minimum absolute atomic E-state index is 0. The van der Waals surface area contributed by atoms with E-state index in [1.165, 1.54) is 5.56 Å². The molecule has 2 aromatic heterocycles. The van der Waals surface area contributed by atoms with E-state index in [9.17, 15) is 0 Å². The van der Waals surface area contributed by atoms with Crippen LogP contribution in [0.15, 0.2) is 59.7 Å². The normalized spacial score (nSPS) is 12.2. The van der Waals surface area contributed by atoms with Gasteiger partial charge in [0.05, 0.1) is 18.3 Å². The molecular formula is C25H35IN6O. The number of nitrogens with zero attached hydrogens (tertiary/aromatic N) is 4. The summed E-state index contributed by atoms with van der Waals surface area (Å²) in [4.78, 5) is 9.23. The van der Waals surface area contributed by atoms with Gasteiger partial charge in [-0.3, -0.25) is 0 Å². The third kappa shape index (κ3) is 8.43. The van der Waals surface area contributed by atoms with E-state index in [2.05, 4.69) is 51.7 Å². The molecule has 2 N–H and O–H groups in total. The summed E-state index contributed by atoms with van der Waals surface area (Å²) in [6, 6.07) is 16.4. The second kappa shape index (κ2) is 13.9. The van der Waals surface area contributed by atoms with Crippen LogP contribution in [0.1, 0.15) is 48.9 Å². The maximum atomic E-state index is 5.94. The van der Waals surface area contributed by atoms with Crippen molar-refractivity contribution in [1.29, 1.82) is 0 Å². The molecule has 8 heteroatoms. The van der Waals surface area contributed by atoms with Gasteiger partial charge < -0.3 is 15.4 Å². The lowest BCUT2D eigenvalue weighted by molar-refractivity contribution is 0.0646. The second-order valence-electron chi connectivity index (χ2n) is 7.76. The molecule has 0 aliphatic heterocycles. The Morgan fingerprint density at radius 2 is 1.91 bits per heavy atom. The van der Waals surface area contributed by atoms with E-state index in [1.807, 2.05) is 61.1 Å². The zero-order chi connectivity index (χ0) is 22.8. The third-order valence-electron chi connectivity index (χ3n) is 5.05. The lowest BCUT2D eigenvalue weighted by atomic mass is 10.1. The first-order chi connectivity index (χ1) is 15.6. The Morgan fingerprint density at radius 1 is 1.12 bits per heavy atom. The van der Waals surface area contributed by atoms with E-state index in [0.717, 1.165) is 48.2 Å². The molecular weight excluding hydrogens is 527 g/mol. The summed E-state index contributed by atoms with van der Waals surface area (Å²) >= 11 is 0. The number of aromatic nitrogens is 3. The van der Waals surface area contributed by atoms with Crippen molar-refractivity contribution in [3.05, 3.63) is 77.2 Å². The van der Waals surface area contributed by atoms with E-state index >= 15 is 0 Å². The number of rotatable bonds is 10. The van der Waals surface area contributed by atoms with Crippen molar-refractivity contribution in [2.75, 3.05) is 19.7 Å². The monoisotopic (exact) mass is 562 g/mol. The SMILES string of the molecule is CCNC(=NCc1ccc(-n2nc(C)cc2C)nc1)NCCCOC(C)c1ccccc1.I. The summed E-state index contributed by atoms with van der Waals surface area (Å²) in [6.07, 6.45) is 2.86. The Balaban J connectivity index is 0.00000385. The van der Waals surface area contributed by atoms with Gasteiger partial charge >= 0.3 is 0 Å². The van der Waals surface area contributed by atoms with E-state index in [-0.39, 0.29) is 30.1 Å². The van der Waals surface area contributed by atoms with Crippen LogP contribution in [0.2, 0.25) is 0 Å². The molecule has 1 unspecified atom stereocenters. The van der Waals surface area contributed by atoms with Crippen LogP contribution in [0.4, 0.5) is 0 Å². The highest BCUT2D eigenvalue weighted by molar-refractivity contribution is 14.0. The molecule has 0 fully saturated rings. The fourth-order valence-electron chi connectivity index (χ4n) is 3.37. The van der Waals surface area contributed by atoms with Crippen LogP contribution >= 0.6 is 24.0 Å². The molecule has 3 rings (SSSR count). The summed E-state index contributed by atoms with van der Waals surface area (Å²) in [5.74, 6) is 1.62. The topological polar surface area (TPSA) is 76.4 Å². The number of pyridine rings is 1. The van der Waals surface area contributed by atoms with Crippen LogP contribution in [0.25, 0.3) is 5.82 Å². The highest BCUT2D eigenvalue weighted by Crippen LogP contribution is 2.15. The summed E-state index contributed by atoms with van der Waals surface area (Å²) in [6.45, 7) is 11.0. The molecule has 33 heavy (non-hydrogen) atoms. The van der Waals surface area contributed by atoms with Gasteiger partial charge in [0.25, 0.3) is 0 Å². The van der Waals surface area contributed by atoms with Crippen molar-refractivity contribution >= 4 is 29.9 Å². The van der Waals surface area contributed by atoms with Crippen LogP contribution in [0.3, 0.4) is 0 Å². The molecule has 3 aromatic rings. The Hall–Kier alpha value is -2.46. The average molecular weight is 563 g/mol. The van der Waals surface area contributed by atoms with Gasteiger partial charge in [0.1, 0.15) is 0 Å². The zero-order valence-corrected chi connectivity index (χ0v) is 22.2. The van der Waals surface area contributed by atoms with Gasteiger partial charge in [0.15, 0.2) is 11.8 Å². The van der Waals surface area contributed by atoms with Crippen molar-refractivity contribution in [3.63, 3.8) is 0 Å². The van der Waals surface area contributed by atoms with E-state index in [0.29, 0.717) is 13.2 Å².